The molecule has 1 aromatic heterocycles. The first-order valence-corrected chi connectivity index (χ1v) is 7.54. The standard InChI is InChI=1S/C15H21ClN4O/c1-3-15(4-2,11-5-7-12(16)8-6-11)18-10-13-19-14(9-17)21-20-13/h5-8,18H,3-4,9-10,17H2,1-2H3. The van der Waals surface area contributed by atoms with E-state index in [0.29, 0.717) is 18.3 Å². The molecule has 0 saturated heterocycles. The van der Waals surface area contributed by atoms with Crippen molar-refractivity contribution >= 4 is 11.6 Å². The lowest BCUT2D eigenvalue weighted by Gasteiger charge is -2.33. The largest absolute Gasteiger partial charge is 0.338 e. The van der Waals surface area contributed by atoms with Crippen molar-refractivity contribution in [3.05, 3.63) is 46.6 Å². The monoisotopic (exact) mass is 308 g/mol. The van der Waals surface area contributed by atoms with E-state index in [4.69, 9.17) is 21.9 Å². The molecule has 0 radical (unpaired) electrons. The van der Waals surface area contributed by atoms with Crippen molar-refractivity contribution in [2.24, 2.45) is 5.73 Å². The number of benzene rings is 1. The Morgan fingerprint density at radius 1 is 1.24 bits per heavy atom. The molecule has 0 aliphatic carbocycles. The second-order valence-corrected chi connectivity index (χ2v) is 5.39. The van der Waals surface area contributed by atoms with Crippen LogP contribution in [0.3, 0.4) is 0 Å². The summed E-state index contributed by atoms with van der Waals surface area (Å²) >= 11 is 5.98. The topological polar surface area (TPSA) is 77.0 Å². The van der Waals surface area contributed by atoms with Gasteiger partial charge in [0.15, 0.2) is 5.82 Å². The Balaban J connectivity index is 2.15. The Morgan fingerprint density at radius 3 is 2.43 bits per heavy atom. The van der Waals surface area contributed by atoms with Crippen molar-refractivity contribution in [2.45, 2.75) is 45.3 Å². The van der Waals surface area contributed by atoms with Crippen LogP contribution < -0.4 is 11.1 Å². The van der Waals surface area contributed by atoms with E-state index in [9.17, 15) is 0 Å². The van der Waals surface area contributed by atoms with Crippen LogP contribution in [0.15, 0.2) is 28.8 Å². The van der Waals surface area contributed by atoms with E-state index < -0.39 is 0 Å². The predicted octanol–water partition coefficient (Wildman–Crippen LogP) is 2.99. The van der Waals surface area contributed by atoms with Gasteiger partial charge in [0, 0.05) is 10.6 Å². The van der Waals surface area contributed by atoms with Gasteiger partial charge in [-0.25, -0.2) is 0 Å². The fourth-order valence-electron chi connectivity index (χ4n) is 2.47. The van der Waals surface area contributed by atoms with Crippen LogP contribution >= 0.6 is 11.6 Å². The lowest BCUT2D eigenvalue weighted by Crippen LogP contribution is -2.41. The van der Waals surface area contributed by atoms with Crippen LogP contribution in [0.25, 0.3) is 0 Å². The first-order chi connectivity index (χ1) is 10.1. The molecular formula is C15H21ClN4O. The van der Waals surface area contributed by atoms with Gasteiger partial charge in [-0.05, 0) is 30.5 Å². The summed E-state index contributed by atoms with van der Waals surface area (Å²) in [6.07, 6.45) is 1.90. The molecule has 0 atom stereocenters. The molecule has 0 saturated carbocycles. The highest BCUT2D eigenvalue weighted by molar-refractivity contribution is 6.30. The summed E-state index contributed by atoms with van der Waals surface area (Å²) in [7, 11) is 0. The first-order valence-electron chi connectivity index (χ1n) is 7.16. The van der Waals surface area contributed by atoms with Gasteiger partial charge >= 0.3 is 0 Å². The second-order valence-electron chi connectivity index (χ2n) is 4.96. The van der Waals surface area contributed by atoms with Gasteiger partial charge in [0.05, 0.1) is 13.1 Å². The third kappa shape index (κ3) is 3.61. The number of nitrogens with zero attached hydrogens (tertiary/aromatic N) is 2. The smallest absolute Gasteiger partial charge is 0.240 e. The van der Waals surface area contributed by atoms with E-state index in [2.05, 4.69) is 41.4 Å². The van der Waals surface area contributed by atoms with Gasteiger partial charge in [0.1, 0.15) is 0 Å². The van der Waals surface area contributed by atoms with Crippen LogP contribution in [0.5, 0.6) is 0 Å². The average molecular weight is 309 g/mol. The maximum atomic E-state index is 5.98. The van der Waals surface area contributed by atoms with Gasteiger partial charge in [-0.1, -0.05) is 42.7 Å². The van der Waals surface area contributed by atoms with E-state index in [0.717, 1.165) is 17.9 Å². The zero-order valence-corrected chi connectivity index (χ0v) is 13.2. The molecule has 21 heavy (non-hydrogen) atoms. The highest BCUT2D eigenvalue weighted by Gasteiger charge is 2.28. The average Bonchev–Trinajstić information content (AvgIpc) is 2.98. The Kier molecular flexibility index (Phi) is 5.33. The van der Waals surface area contributed by atoms with Crippen molar-refractivity contribution in [3.63, 3.8) is 0 Å². The summed E-state index contributed by atoms with van der Waals surface area (Å²) in [5, 5.41) is 8.21. The molecule has 0 bridgehead atoms. The molecule has 0 amide bonds. The van der Waals surface area contributed by atoms with E-state index >= 15 is 0 Å². The van der Waals surface area contributed by atoms with E-state index in [-0.39, 0.29) is 12.1 Å². The number of halogens is 1. The lowest BCUT2D eigenvalue weighted by molar-refractivity contribution is 0.298. The molecule has 0 spiro atoms. The molecule has 5 nitrogen and oxygen atoms in total. The number of nitrogens with two attached hydrogens (primary N) is 1. The van der Waals surface area contributed by atoms with Gasteiger partial charge in [-0.2, -0.15) is 4.98 Å². The van der Waals surface area contributed by atoms with Crippen LogP contribution in [0.2, 0.25) is 5.02 Å². The Bertz CT molecular complexity index is 563. The van der Waals surface area contributed by atoms with Crippen LogP contribution in [-0.2, 0) is 18.6 Å². The molecule has 0 fully saturated rings. The summed E-state index contributed by atoms with van der Waals surface area (Å²) < 4.78 is 5.02. The second kappa shape index (κ2) is 7.02. The van der Waals surface area contributed by atoms with Crippen molar-refractivity contribution in [1.82, 2.24) is 15.5 Å². The van der Waals surface area contributed by atoms with Gasteiger partial charge in [0.2, 0.25) is 5.89 Å². The Morgan fingerprint density at radius 2 is 1.90 bits per heavy atom. The van der Waals surface area contributed by atoms with Crippen molar-refractivity contribution in [2.75, 3.05) is 0 Å². The highest BCUT2D eigenvalue weighted by atomic mass is 35.5. The van der Waals surface area contributed by atoms with Crippen LogP contribution in [0.4, 0.5) is 0 Å². The lowest BCUT2D eigenvalue weighted by atomic mass is 9.84. The normalized spacial score (nSPS) is 11.8. The SMILES string of the molecule is CCC(CC)(NCc1noc(CN)n1)c1ccc(Cl)cc1. The minimum atomic E-state index is -0.131. The third-order valence-corrected chi connectivity index (χ3v) is 4.13. The zero-order valence-electron chi connectivity index (χ0n) is 12.4. The number of hydrogen-bond donors (Lipinski definition) is 2. The maximum Gasteiger partial charge on any atom is 0.240 e. The number of nitrogens with one attached hydrogen (secondary N) is 1. The van der Waals surface area contributed by atoms with Gasteiger partial charge < -0.3 is 15.6 Å². The maximum absolute atomic E-state index is 5.98. The molecule has 0 unspecified atom stereocenters. The molecule has 114 valence electrons. The molecule has 6 heteroatoms. The molecule has 0 aliphatic heterocycles. The summed E-state index contributed by atoms with van der Waals surface area (Å²) in [6, 6.07) is 7.95. The van der Waals surface area contributed by atoms with Gasteiger partial charge in [-0.3, -0.25) is 0 Å². The fraction of sp³-hybridized carbons (Fsp3) is 0.467. The fourth-order valence-corrected chi connectivity index (χ4v) is 2.60. The summed E-state index contributed by atoms with van der Waals surface area (Å²) in [6.45, 7) is 5.12. The van der Waals surface area contributed by atoms with E-state index in [1.165, 1.54) is 5.56 Å². The molecule has 0 aliphatic rings. The quantitative estimate of drug-likeness (QED) is 0.822. The minimum Gasteiger partial charge on any atom is -0.338 e. The zero-order chi connectivity index (χ0) is 15.3. The molecule has 3 N–H and O–H groups in total. The molecular weight excluding hydrogens is 288 g/mol. The molecule has 1 heterocycles. The molecule has 2 aromatic rings. The van der Waals surface area contributed by atoms with Gasteiger partial charge in [-0.15, -0.1) is 0 Å². The van der Waals surface area contributed by atoms with E-state index in [1.54, 1.807) is 0 Å². The summed E-state index contributed by atoms with van der Waals surface area (Å²) in [4.78, 5) is 4.22. The predicted molar refractivity (Wildman–Crippen MR) is 82.7 cm³/mol. The Hall–Kier alpha value is -1.43. The van der Waals surface area contributed by atoms with Crippen molar-refractivity contribution in [3.8, 4) is 0 Å². The Labute approximate surface area is 129 Å². The molecule has 1 aromatic carbocycles. The molecule has 2 rings (SSSR count). The van der Waals surface area contributed by atoms with Crippen molar-refractivity contribution < 1.29 is 4.52 Å². The van der Waals surface area contributed by atoms with Crippen molar-refractivity contribution in [1.29, 1.82) is 0 Å². The first kappa shape index (κ1) is 15.9. The minimum absolute atomic E-state index is 0.131. The van der Waals surface area contributed by atoms with Crippen LogP contribution in [-0.4, -0.2) is 10.1 Å². The summed E-state index contributed by atoms with van der Waals surface area (Å²) in [5.74, 6) is 1.08. The van der Waals surface area contributed by atoms with Crippen LogP contribution in [0, 0.1) is 0 Å². The number of aromatic nitrogens is 2. The third-order valence-electron chi connectivity index (χ3n) is 3.87. The number of rotatable bonds is 7. The highest BCUT2D eigenvalue weighted by Crippen LogP contribution is 2.30. The summed E-state index contributed by atoms with van der Waals surface area (Å²) in [5.41, 5.74) is 6.55. The van der Waals surface area contributed by atoms with E-state index in [1.807, 2.05) is 12.1 Å². The van der Waals surface area contributed by atoms with Crippen LogP contribution in [0.1, 0.15) is 44.0 Å². The van der Waals surface area contributed by atoms with Gasteiger partial charge in [0.25, 0.3) is 0 Å². The number of hydrogen-bond acceptors (Lipinski definition) is 5.